The summed E-state index contributed by atoms with van der Waals surface area (Å²) in [5.74, 6) is -3.58. The molecule has 2 amide bonds. The summed E-state index contributed by atoms with van der Waals surface area (Å²) in [5.41, 5.74) is -0.0395. The van der Waals surface area contributed by atoms with E-state index in [0.29, 0.717) is 19.6 Å². The molecule has 0 aliphatic carbocycles. The van der Waals surface area contributed by atoms with Crippen LogP contribution in [0.25, 0.3) is 0 Å². The second-order valence-corrected chi connectivity index (χ2v) is 11.1. The second kappa shape index (κ2) is 18.5. The Morgan fingerprint density at radius 2 is 1.87 bits per heavy atom. The Morgan fingerprint density at radius 1 is 1.11 bits per heavy atom. The lowest BCUT2D eigenvalue weighted by molar-refractivity contribution is -0.117. The third kappa shape index (κ3) is 12.3. The minimum atomic E-state index is -1.35. The second-order valence-electron chi connectivity index (χ2n) is 10.7. The Labute approximate surface area is 266 Å². The number of hydrogen-bond acceptors (Lipinski definition) is 10. The Hall–Kier alpha value is -4.25. The molecule has 12 nitrogen and oxygen atoms in total. The van der Waals surface area contributed by atoms with Gasteiger partial charge >= 0.3 is 12.1 Å². The molecule has 0 heterocycles. The van der Waals surface area contributed by atoms with Gasteiger partial charge in [-0.15, -0.1) is 0 Å². The summed E-state index contributed by atoms with van der Waals surface area (Å²) in [4.78, 5) is 42.2. The van der Waals surface area contributed by atoms with Gasteiger partial charge in [-0.1, -0.05) is 44.5 Å². The first-order chi connectivity index (χ1) is 21.4. The molecule has 45 heavy (non-hydrogen) atoms. The molecule has 2 rings (SSSR count). The fourth-order valence-electron chi connectivity index (χ4n) is 3.68. The zero-order valence-electron chi connectivity index (χ0n) is 25.9. The monoisotopic (exact) mass is 648 g/mol. The number of nitrogens with zero attached hydrogens (tertiary/aromatic N) is 2. The topological polar surface area (TPSA) is 158 Å². The van der Waals surface area contributed by atoms with E-state index < -0.39 is 42.5 Å². The standard InChI is InChI=1S/C31H38ClFN4O8/c1-31(2,3)11-12-35-27(22(18-34)21-7-6-8-23(32)26(21)33)28(38)37-24-10-9-20(17-25(24)42-5)29(39)44-19-45-30(40)36-13-14-43-16-15-41-4/h6-10,12,17,22,27H,11,13-16,19H2,1-5H3,(H,36,40)(H,37,38)/t22-,27+/m0/s1. The molecular formula is C31H38ClFN4O8. The number of rotatable bonds is 16. The van der Waals surface area contributed by atoms with Crippen molar-refractivity contribution in [3.8, 4) is 11.8 Å². The molecule has 0 radical (unpaired) electrons. The minimum absolute atomic E-state index is 0.0380. The number of carbonyl (C=O) groups is 3. The van der Waals surface area contributed by atoms with E-state index in [1.54, 1.807) is 7.11 Å². The van der Waals surface area contributed by atoms with Crippen LogP contribution in [0, 0.1) is 22.6 Å². The fraction of sp³-hybridized carbons (Fsp3) is 0.452. The number of aliphatic imine (C=N–C) groups is 1. The highest BCUT2D eigenvalue weighted by molar-refractivity contribution is 6.30. The maximum absolute atomic E-state index is 14.9. The van der Waals surface area contributed by atoms with Crippen molar-refractivity contribution in [1.82, 2.24) is 5.32 Å². The van der Waals surface area contributed by atoms with Crippen LogP contribution in [0.5, 0.6) is 5.75 Å². The van der Waals surface area contributed by atoms with Gasteiger partial charge in [0.05, 0.1) is 49.3 Å². The van der Waals surface area contributed by atoms with Crippen molar-refractivity contribution in [2.24, 2.45) is 10.4 Å². The molecule has 0 bridgehead atoms. The molecule has 2 N–H and O–H groups in total. The van der Waals surface area contributed by atoms with Crippen LogP contribution < -0.4 is 15.4 Å². The van der Waals surface area contributed by atoms with Crippen LogP contribution in [-0.4, -0.2) is 77.6 Å². The first-order valence-corrected chi connectivity index (χ1v) is 14.3. The van der Waals surface area contributed by atoms with Crippen LogP contribution >= 0.6 is 11.6 Å². The summed E-state index contributed by atoms with van der Waals surface area (Å²) in [7, 11) is 2.87. The highest BCUT2D eigenvalue weighted by Gasteiger charge is 2.32. The van der Waals surface area contributed by atoms with E-state index in [1.807, 2.05) is 26.8 Å². The molecule has 0 fully saturated rings. The molecule has 0 aromatic heterocycles. The van der Waals surface area contributed by atoms with Gasteiger partial charge in [0, 0.05) is 25.4 Å². The van der Waals surface area contributed by atoms with Gasteiger partial charge in [0.1, 0.15) is 23.5 Å². The fourth-order valence-corrected chi connectivity index (χ4v) is 3.87. The SMILES string of the molecule is COCCOCCNC(=O)OCOC(=O)c1ccc(NC(=O)[C@H](N=CCC(C)(C)C)[C@@H](C#N)c2cccc(Cl)c2F)c(OC)c1. The average Bonchev–Trinajstić information content (AvgIpc) is 2.99. The Kier molecular flexibility index (Phi) is 15.2. The van der Waals surface area contributed by atoms with E-state index in [-0.39, 0.29) is 46.2 Å². The number of ether oxygens (including phenoxy) is 5. The lowest BCUT2D eigenvalue weighted by Crippen LogP contribution is -2.32. The van der Waals surface area contributed by atoms with E-state index >= 15 is 0 Å². The van der Waals surface area contributed by atoms with Crippen LogP contribution in [0.15, 0.2) is 41.4 Å². The number of methoxy groups -OCH3 is 2. The summed E-state index contributed by atoms with van der Waals surface area (Å²) in [6.07, 6.45) is 1.22. The van der Waals surface area contributed by atoms with E-state index in [4.69, 9.17) is 35.3 Å². The summed E-state index contributed by atoms with van der Waals surface area (Å²) in [6.45, 7) is 6.53. The number of halogens is 2. The summed E-state index contributed by atoms with van der Waals surface area (Å²) < 4.78 is 40.1. The van der Waals surface area contributed by atoms with Crippen molar-refractivity contribution in [1.29, 1.82) is 5.26 Å². The Morgan fingerprint density at radius 3 is 2.53 bits per heavy atom. The zero-order valence-corrected chi connectivity index (χ0v) is 26.6. The minimum Gasteiger partial charge on any atom is -0.495 e. The number of benzene rings is 2. The van der Waals surface area contributed by atoms with Crippen molar-refractivity contribution in [2.75, 3.05) is 52.7 Å². The lowest BCUT2D eigenvalue weighted by atomic mass is 9.91. The predicted octanol–water partition coefficient (Wildman–Crippen LogP) is 5.11. The maximum atomic E-state index is 14.9. The van der Waals surface area contributed by atoms with E-state index in [2.05, 4.69) is 15.6 Å². The van der Waals surface area contributed by atoms with Crippen LogP contribution in [0.2, 0.25) is 5.02 Å². The first kappa shape index (κ1) is 36.9. The van der Waals surface area contributed by atoms with Gasteiger partial charge < -0.3 is 34.3 Å². The summed E-state index contributed by atoms with van der Waals surface area (Å²) >= 11 is 5.95. The van der Waals surface area contributed by atoms with Crippen molar-refractivity contribution in [2.45, 2.75) is 39.2 Å². The molecule has 244 valence electrons. The highest BCUT2D eigenvalue weighted by atomic mass is 35.5. The van der Waals surface area contributed by atoms with Gasteiger partial charge in [-0.25, -0.2) is 14.0 Å². The maximum Gasteiger partial charge on any atom is 0.410 e. The largest absolute Gasteiger partial charge is 0.495 e. The molecule has 0 unspecified atom stereocenters. The van der Waals surface area contributed by atoms with Gasteiger partial charge in [0.2, 0.25) is 6.79 Å². The smallest absolute Gasteiger partial charge is 0.410 e. The number of nitriles is 1. The van der Waals surface area contributed by atoms with Gasteiger partial charge in [-0.2, -0.15) is 5.26 Å². The van der Waals surface area contributed by atoms with Crippen LogP contribution in [0.1, 0.15) is 49.0 Å². The van der Waals surface area contributed by atoms with Crippen molar-refractivity contribution >= 4 is 41.5 Å². The van der Waals surface area contributed by atoms with Crippen LogP contribution in [-0.2, 0) is 23.7 Å². The molecule has 0 aliphatic rings. The number of esters is 1. The molecule has 0 saturated heterocycles. The molecule has 0 saturated carbocycles. The normalized spacial score (nSPS) is 12.6. The van der Waals surface area contributed by atoms with E-state index in [1.165, 1.54) is 49.7 Å². The van der Waals surface area contributed by atoms with E-state index in [0.717, 1.165) is 0 Å². The van der Waals surface area contributed by atoms with Crippen LogP contribution in [0.4, 0.5) is 14.9 Å². The number of carbonyl (C=O) groups excluding carboxylic acids is 3. The molecule has 2 atom stereocenters. The van der Waals surface area contributed by atoms with Gasteiger partial charge in [-0.05, 0) is 36.1 Å². The van der Waals surface area contributed by atoms with E-state index in [9.17, 15) is 24.0 Å². The third-order valence-electron chi connectivity index (χ3n) is 6.03. The van der Waals surface area contributed by atoms with Gasteiger partial charge in [0.15, 0.2) is 0 Å². The van der Waals surface area contributed by atoms with Gasteiger partial charge in [-0.3, -0.25) is 9.79 Å². The van der Waals surface area contributed by atoms with Crippen molar-refractivity contribution in [3.05, 3.63) is 58.4 Å². The Balaban J connectivity index is 2.13. The number of anilines is 1. The van der Waals surface area contributed by atoms with Crippen molar-refractivity contribution in [3.63, 3.8) is 0 Å². The zero-order chi connectivity index (χ0) is 33.4. The number of amides is 2. The van der Waals surface area contributed by atoms with Crippen molar-refractivity contribution < 1.29 is 42.5 Å². The molecule has 14 heteroatoms. The summed E-state index contributed by atoms with van der Waals surface area (Å²) in [6, 6.07) is 8.90. The average molecular weight is 649 g/mol. The van der Waals surface area contributed by atoms with Gasteiger partial charge in [0.25, 0.3) is 5.91 Å². The van der Waals surface area contributed by atoms with Crippen LogP contribution in [0.3, 0.4) is 0 Å². The third-order valence-corrected chi connectivity index (χ3v) is 6.32. The number of alkyl carbamates (subject to hydrolysis) is 1. The molecule has 2 aromatic rings. The molecule has 0 aliphatic heterocycles. The molecular weight excluding hydrogens is 611 g/mol. The quantitative estimate of drug-likeness (QED) is 0.109. The Bertz CT molecular complexity index is 1380. The molecule has 0 spiro atoms. The predicted molar refractivity (Wildman–Crippen MR) is 165 cm³/mol. The lowest BCUT2D eigenvalue weighted by Gasteiger charge is -2.21. The number of hydrogen-bond donors (Lipinski definition) is 2. The first-order valence-electron chi connectivity index (χ1n) is 13.9. The number of nitrogens with one attached hydrogen (secondary N) is 2. The summed E-state index contributed by atoms with van der Waals surface area (Å²) in [5, 5.41) is 14.9. The molecule has 2 aromatic carbocycles. The highest BCUT2D eigenvalue weighted by Crippen LogP contribution is 2.31.